The third-order valence-corrected chi connectivity index (χ3v) is 7.15. The van der Waals surface area contributed by atoms with E-state index < -0.39 is 7.92 Å². The molecule has 0 amide bonds. The largest absolute Gasteiger partial charge is 0.374 e. The molecule has 1 nitrogen and oxygen atoms in total. The van der Waals surface area contributed by atoms with Crippen LogP contribution in [0.5, 0.6) is 0 Å². The van der Waals surface area contributed by atoms with Crippen LogP contribution in [0.2, 0.25) is 0 Å². The molecular weight excluding hydrogens is 333 g/mol. The second kappa shape index (κ2) is 9.55. The summed E-state index contributed by atoms with van der Waals surface area (Å²) in [5.74, 6) is 0. The van der Waals surface area contributed by atoms with Crippen LogP contribution in [0.15, 0.2) is 84.9 Å². The number of nitrogens with zero attached hydrogens (tertiary/aromatic N) is 1. The van der Waals surface area contributed by atoms with Crippen molar-refractivity contribution in [3.63, 3.8) is 0 Å². The molecule has 3 aromatic rings. The Labute approximate surface area is 159 Å². The zero-order valence-corrected chi connectivity index (χ0v) is 16.7. The van der Waals surface area contributed by atoms with E-state index in [1.54, 1.807) is 0 Å². The van der Waals surface area contributed by atoms with Crippen molar-refractivity contribution in [1.29, 1.82) is 0 Å². The van der Waals surface area contributed by atoms with Crippen molar-refractivity contribution in [3.8, 4) is 0 Å². The summed E-state index contributed by atoms with van der Waals surface area (Å²) in [7, 11) is 1.67. The minimum Gasteiger partial charge on any atom is -0.374 e. The van der Waals surface area contributed by atoms with Crippen LogP contribution in [0, 0.1) is 0 Å². The monoisotopic (exact) mass is 361 g/mol. The number of unbranched alkanes of at least 4 members (excludes halogenated alkanes) is 2. The Bertz CT molecular complexity index is 746. The van der Waals surface area contributed by atoms with Gasteiger partial charge in [-0.25, -0.2) is 0 Å². The molecule has 0 atom stereocenters. The molecule has 0 unspecified atom stereocenters. The van der Waals surface area contributed by atoms with Gasteiger partial charge in [0.05, 0.1) is 0 Å². The highest BCUT2D eigenvalue weighted by Gasteiger charge is 2.20. The van der Waals surface area contributed by atoms with Crippen molar-refractivity contribution < 1.29 is 0 Å². The highest BCUT2D eigenvalue weighted by molar-refractivity contribution is 7.80. The number of rotatable bonds is 8. The minimum absolute atomic E-state index is 0.560. The molecule has 0 bridgehead atoms. The summed E-state index contributed by atoms with van der Waals surface area (Å²) in [6, 6.07) is 30.8. The summed E-state index contributed by atoms with van der Waals surface area (Å²) in [5, 5.41) is 4.25. The lowest BCUT2D eigenvalue weighted by molar-refractivity contribution is 0.706. The predicted molar refractivity (Wildman–Crippen MR) is 118 cm³/mol. The lowest BCUT2D eigenvalue weighted by Gasteiger charge is -2.27. The van der Waals surface area contributed by atoms with E-state index in [4.69, 9.17) is 0 Å². The molecule has 0 saturated heterocycles. The van der Waals surface area contributed by atoms with Crippen LogP contribution in [-0.4, -0.2) is 13.6 Å². The molecule has 0 radical (unpaired) electrons. The van der Waals surface area contributed by atoms with Gasteiger partial charge >= 0.3 is 0 Å². The molecule has 0 spiro atoms. The minimum atomic E-state index is -0.560. The van der Waals surface area contributed by atoms with Crippen LogP contribution in [0.4, 0.5) is 5.69 Å². The van der Waals surface area contributed by atoms with Gasteiger partial charge in [-0.2, -0.15) is 0 Å². The summed E-state index contributed by atoms with van der Waals surface area (Å²) >= 11 is 0. The van der Waals surface area contributed by atoms with Crippen LogP contribution < -0.4 is 20.8 Å². The number of hydrogen-bond acceptors (Lipinski definition) is 1. The van der Waals surface area contributed by atoms with Gasteiger partial charge in [0.2, 0.25) is 0 Å². The van der Waals surface area contributed by atoms with Crippen molar-refractivity contribution in [2.24, 2.45) is 0 Å². The van der Waals surface area contributed by atoms with Crippen LogP contribution >= 0.6 is 7.92 Å². The maximum Gasteiger partial charge on any atom is 0.0448 e. The smallest absolute Gasteiger partial charge is 0.0448 e. The average Bonchev–Trinajstić information content (AvgIpc) is 2.70. The van der Waals surface area contributed by atoms with E-state index >= 15 is 0 Å². The van der Waals surface area contributed by atoms with Gasteiger partial charge < -0.3 is 4.90 Å². The van der Waals surface area contributed by atoms with E-state index in [0.29, 0.717) is 0 Å². The number of benzene rings is 3. The molecule has 134 valence electrons. The molecule has 3 aromatic carbocycles. The van der Waals surface area contributed by atoms with Gasteiger partial charge in [0.1, 0.15) is 0 Å². The molecule has 0 fully saturated rings. The average molecular weight is 361 g/mol. The van der Waals surface area contributed by atoms with Crippen molar-refractivity contribution in [2.45, 2.75) is 26.2 Å². The number of para-hydroxylation sites is 1. The Morgan fingerprint density at radius 3 is 1.81 bits per heavy atom. The molecule has 0 aliphatic heterocycles. The van der Waals surface area contributed by atoms with Crippen LogP contribution in [0.1, 0.15) is 26.2 Å². The van der Waals surface area contributed by atoms with Crippen molar-refractivity contribution >= 4 is 29.5 Å². The van der Waals surface area contributed by atoms with E-state index in [-0.39, 0.29) is 0 Å². The molecule has 0 aromatic heterocycles. The van der Waals surface area contributed by atoms with Crippen molar-refractivity contribution in [1.82, 2.24) is 0 Å². The Morgan fingerprint density at radius 1 is 0.692 bits per heavy atom. The Kier molecular flexibility index (Phi) is 6.86. The summed E-state index contributed by atoms with van der Waals surface area (Å²) in [4.78, 5) is 2.44. The van der Waals surface area contributed by atoms with E-state index in [1.807, 2.05) is 0 Å². The maximum atomic E-state index is 2.44. The van der Waals surface area contributed by atoms with Gasteiger partial charge in [0.15, 0.2) is 0 Å². The lowest BCUT2D eigenvalue weighted by atomic mass is 10.2. The Morgan fingerprint density at radius 2 is 1.23 bits per heavy atom. The first-order valence-electron chi connectivity index (χ1n) is 9.51. The molecule has 26 heavy (non-hydrogen) atoms. The number of anilines is 1. The predicted octanol–water partition coefficient (Wildman–Crippen LogP) is 5.07. The maximum absolute atomic E-state index is 2.44. The second-order valence-electron chi connectivity index (χ2n) is 6.62. The third kappa shape index (κ3) is 4.54. The van der Waals surface area contributed by atoms with Crippen molar-refractivity contribution in [2.75, 3.05) is 18.5 Å². The summed E-state index contributed by atoms with van der Waals surface area (Å²) in [6.07, 6.45) is 3.80. The summed E-state index contributed by atoms with van der Waals surface area (Å²) in [6.45, 7) is 3.37. The van der Waals surface area contributed by atoms with Crippen LogP contribution in [-0.2, 0) is 0 Å². The third-order valence-electron chi connectivity index (χ3n) is 4.66. The lowest BCUT2D eigenvalue weighted by Crippen LogP contribution is -2.28. The second-order valence-corrected chi connectivity index (χ2v) is 8.81. The quantitative estimate of drug-likeness (QED) is 0.400. The summed E-state index contributed by atoms with van der Waals surface area (Å²) < 4.78 is 0. The molecule has 2 heteroatoms. The molecule has 0 aliphatic rings. The fourth-order valence-electron chi connectivity index (χ4n) is 3.28. The SMILES string of the molecule is CCCCCN(C)c1ccccc1P(c1ccccc1)c1ccccc1. The van der Waals surface area contributed by atoms with Gasteiger partial charge in [-0.05, 0) is 31.0 Å². The van der Waals surface area contributed by atoms with Gasteiger partial charge in [0.25, 0.3) is 0 Å². The first-order valence-corrected chi connectivity index (χ1v) is 10.9. The van der Waals surface area contributed by atoms with E-state index in [1.165, 1.54) is 40.9 Å². The fraction of sp³-hybridized carbons (Fsp3) is 0.250. The Balaban J connectivity index is 2.02. The molecule has 0 heterocycles. The zero-order chi connectivity index (χ0) is 18.2. The van der Waals surface area contributed by atoms with Gasteiger partial charge in [0, 0.05) is 24.6 Å². The van der Waals surface area contributed by atoms with Crippen LogP contribution in [0.25, 0.3) is 0 Å². The summed E-state index contributed by atoms with van der Waals surface area (Å²) in [5.41, 5.74) is 1.36. The molecule has 3 rings (SSSR count). The zero-order valence-electron chi connectivity index (χ0n) is 15.8. The fourth-order valence-corrected chi connectivity index (χ4v) is 5.78. The van der Waals surface area contributed by atoms with Gasteiger partial charge in [-0.3, -0.25) is 0 Å². The molecule has 0 aliphatic carbocycles. The molecule has 0 N–H and O–H groups in total. The van der Waals surface area contributed by atoms with Crippen molar-refractivity contribution in [3.05, 3.63) is 84.9 Å². The topological polar surface area (TPSA) is 3.24 Å². The highest BCUT2D eigenvalue weighted by Crippen LogP contribution is 2.36. The van der Waals surface area contributed by atoms with Crippen LogP contribution in [0.3, 0.4) is 0 Å². The standard InChI is InChI=1S/C24H28NP/c1-3-4-13-20-25(2)23-18-11-12-19-24(23)26(21-14-7-5-8-15-21)22-16-9-6-10-17-22/h5-12,14-19H,3-4,13,20H2,1-2H3. The van der Waals surface area contributed by atoms with E-state index in [9.17, 15) is 0 Å². The molecular formula is C24H28NP. The van der Waals surface area contributed by atoms with E-state index in [2.05, 4.69) is 104 Å². The first kappa shape index (κ1) is 18.7. The molecule has 0 saturated carbocycles. The first-order chi connectivity index (χ1) is 12.8. The Hall–Kier alpha value is -2.11. The van der Waals surface area contributed by atoms with Gasteiger partial charge in [-0.15, -0.1) is 0 Å². The number of hydrogen-bond donors (Lipinski definition) is 0. The van der Waals surface area contributed by atoms with E-state index in [0.717, 1.165) is 6.54 Å². The normalized spacial score (nSPS) is 10.9. The highest BCUT2D eigenvalue weighted by atomic mass is 31.1. The van der Waals surface area contributed by atoms with Gasteiger partial charge in [-0.1, -0.05) is 98.6 Å².